The van der Waals surface area contributed by atoms with Gasteiger partial charge in [-0.25, -0.2) is 4.79 Å². The number of benzene rings is 2. The smallest absolute Gasteiger partial charge is 0.335 e. The van der Waals surface area contributed by atoms with Crippen LogP contribution in [-0.2, 0) is 0 Å². The molecule has 196 valence electrons. The normalized spacial score (nSPS) is 11.5. The molecule has 0 fully saturated rings. The largest absolute Gasteiger partial charge is 0.494 e. The molecule has 0 saturated carbocycles. The summed E-state index contributed by atoms with van der Waals surface area (Å²) in [7, 11) is 0. The van der Waals surface area contributed by atoms with Gasteiger partial charge in [-0.15, -0.1) is 22.7 Å². The van der Waals surface area contributed by atoms with E-state index in [4.69, 9.17) is 9.84 Å². The molecule has 0 spiro atoms. The lowest BCUT2D eigenvalue weighted by molar-refractivity contribution is 0.0697. The van der Waals surface area contributed by atoms with E-state index in [1.165, 1.54) is 46.7 Å². The van der Waals surface area contributed by atoms with Gasteiger partial charge in [0.15, 0.2) is 0 Å². The fourth-order valence-corrected chi connectivity index (χ4v) is 5.90. The summed E-state index contributed by atoms with van der Waals surface area (Å²) in [6.45, 7) is 3.04. The highest BCUT2D eigenvalue weighted by molar-refractivity contribution is 7.23. The van der Waals surface area contributed by atoms with Crippen molar-refractivity contribution in [2.75, 3.05) is 6.61 Å². The van der Waals surface area contributed by atoms with Crippen LogP contribution >= 0.6 is 22.7 Å². The predicted octanol–water partition coefficient (Wildman–Crippen LogP) is 10.3. The van der Waals surface area contributed by atoms with E-state index >= 15 is 0 Å². The van der Waals surface area contributed by atoms with E-state index in [1.54, 1.807) is 34.8 Å². The Labute approximate surface area is 233 Å². The Kier molecular flexibility index (Phi) is 10.5. The van der Waals surface area contributed by atoms with Crippen LogP contribution in [0, 0.1) is 0 Å². The zero-order valence-corrected chi connectivity index (χ0v) is 23.4. The number of hydrogen-bond acceptors (Lipinski definition) is 4. The van der Waals surface area contributed by atoms with Crippen molar-refractivity contribution in [2.24, 2.45) is 0 Å². The first-order valence-corrected chi connectivity index (χ1v) is 14.9. The minimum atomic E-state index is -0.907. The van der Waals surface area contributed by atoms with Crippen molar-refractivity contribution < 1.29 is 14.6 Å². The van der Waals surface area contributed by atoms with Gasteiger partial charge >= 0.3 is 5.97 Å². The van der Waals surface area contributed by atoms with Crippen LogP contribution in [0.5, 0.6) is 5.75 Å². The molecule has 0 bridgehead atoms. The third kappa shape index (κ3) is 8.57. The van der Waals surface area contributed by atoms with Crippen LogP contribution in [0.4, 0.5) is 0 Å². The Morgan fingerprint density at radius 3 is 1.76 bits per heavy atom. The molecule has 2 aromatic carbocycles. The molecule has 0 aliphatic rings. The summed E-state index contributed by atoms with van der Waals surface area (Å²) in [5.74, 6) is 0.0316. The maximum absolute atomic E-state index is 11.0. The van der Waals surface area contributed by atoms with Gasteiger partial charge in [-0.2, -0.15) is 0 Å². The van der Waals surface area contributed by atoms with Crippen molar-refractivity contribution in [1.82, 2.24) is 0 Å². The average molecular weight is 543 g/mol. The Morgan fingerprint density at radius 2 is 1.21 bits per heavy atom. The van der Waals surface area contributed by atoms with E-state index in [2.05, 4.69) is 73.7 Å². The van der Waals surface area contributed by atoms with Gasteiger partial charge in [-0.3, -0.25) is 0 Å². The van der Waals surface area contributed by atoms with E-state index in [1.807, 2.05) is 18.2 Å². The summed E-state index contributed by atoms with van der Waals surface area (Å²) in [6.07, 6.45) is 16.0. The summed E-state index contributed by atoms with van der Waals surface area (Å²) in [5.41, 5.74) is 2.44. The van der Waals surface area contributed by atoms with Crippen LogP contribution in [0.15, 0.2) is 72.8 Å². The molecule has 2 heterocycles. The second-order valence-electron chi connectivity index (χ2n) is 9.18. The first kappa shape index (κ1) is 27.6. The lowest BCUT2D eigenvalue weighted by atomic mass is 10.1. The van der Waals surface area contributed by atoms with Gasteiger partial charge in [0.2, 0.25) is 0 Å². The highest BCUT2D eigenvalue weighted by Crippen LogP contribution is 2.35. The van der Waals surface area contributed by atoms with Crippen molar-refractivity contribution >= 4 is 52.9 Å². The van der Waals surface area contributed by atoms with E-state index in [-0.39, 0.29) is 0 Å². The van der Waals surface area contributed by atoms with Crippen LogP contribution in [-0.4, -0.2) is 17.7 Å². The maximum atomic E-state index is 11.0. The third-order valence-electron chi connectivity index (χ3n) is 6.18. The topological polar surface area (TPSA) is 46.5 Å². The van der Waals surface area contributed by atoms with Crippen molar-refractivity contribution in [1.29, 1.82) is 0 Å². The number of thiophene rings is 2. The highest BCUT2D eigenvalue weighted by atomic mass is 32.1. The monoisotopic (exact) mass is 542 g/mol. The molecular weight excluding hydrogens is 508 g/mol. The van der Waals surface area contributed by atoms with Crippen LogP contribution < -0.4 is 4.74 Å². The molecule has 38 heavy (non-hydrogen) atoms. The lowest BCUT2D eigenvalue weighted by Crippen LogP contribution is -1.97. The molecule has 3 nitrogen and oxygen atoms in total. The Hall–Kier alpha value is -3.41. The molecule has 4 aromatic rings. The number of carboxylic acids is 1. The van der Waals surface area contributed by atoms with E-state index < -0.39 is 5.97 Å². The van der Waals surface area contributed by atoms with Crippen molar-refractivity contribution in [3.63, 3.8) is 0 Å². The van der Waals surface area contributed by atoms with Crippen molar-refractivity contribution in [3.8, 4) is 15.5 Å². The first-order valence-electron chi connectivity index (χ1n) is 13.2. The first-order chi connectivity index (χ1) is 18.6. The van der Waals surface area contributed by atoms with Gasteiger partial charge in [0, 0.05) is 19.5 Å². The molecule has 0 aliphatic carbocycles. The maximum Gasteiger partial charge on any atom is 0.335 e. The fourth-order valence-electron chi connectivity index (χ4n) is 3.99. The summed E-state index contributed by atoms with van der Waals surface area (Å²) in [5, 5.41) is 9.03. The van der Waals surface area contributed by atoms with Gasteiger partial charge in [0.25, 0.3) is 0 Å². The quantitative estimate of drug-likeness (QED) is 0.161. The molecular formula is C33H34O3S2. The summed E-state index contributed by atoms with van der Waals surface area (Å²) in [4.78, 5) is 15.9. The van der Waals surface area contributed by atoms with Gasteiger partial charge in [0.05, 0.1) is 12.2 Å². The minimum Gasteiger partial charge on any atom is -0.494 e. The third-order valence-corrected chi connectivity index (χ3v) is 8.48. The number of aromatic carboxylic acids is 1. The summed E-state index contributed by atoms with van der Waals surface area (Å²) >= 11 is 3.53. The van der Waals surface area contributed by atoms with Crippen molar-refractivity contribution in [3.05, 3.63) is 99.2 Å². The van der Waals surface area contributed by atoms with Gasteiger partial charge < -0.3 is 9.84 Å². The molecule has 0 aliphatic heterocycles. The van der Waals surface area contributed by atoms with Crippen LogP contribution in [0.2, 0.25) is 0 Å². The second-order valence-corrected chi connectivity index (χ2v) is 11.4. The Balaban J connectivity index is 1.26. The van der Waals surface area contributed by atoms with Crippen LogP contribution in [0.3, 0.4) is 0 Å². The molecule has 0 amide bonds. The molecule has 0 radical (unpaired) electrons. The number of carboxylic acid groups (broad SMARTS) is 1. The Morgan fingerprint density at radius 1 is 0.684 bits per heavy atom. The van der Waals surface area contributed by atoms with Crippen LogP contribution in [0.25, 0.3) is 34.1 Å². The van der Waals surface area contributed by atoms with E-state index in [0.29, 0.717) is 5.56 Å². The number of hydrogen-bond donors (Lipinski definition) is 1. The molecule has 2 aromatic heterocycles. The molecule has 0 saturated heterocycles. The molecule has 0 atom stereocenters. The zero-order valence-electron chi connectivity index (χ0n) is 21.8. The summed E-state index contributed by atoms with van der Waals surface area (Å²) in [6, 6.07) is 23.8. The highest BCUT2D eigenvalue weighted by Gasteiger charge is 2.05. The molecule has 0 unspecified atom stereocenters. The minimum absolute atomic E-state index is 0.299. The van der Waals surface area contributed by atoms with Crippen LogP contribution in [0.1, 0.15) is 76.7 Å². The molecule has 5 heteroatoms. The lowest BCUT2D eigenvalue weighted by Gasteiger charge is -2.06. The second kappa shape index (κ2) is 14.5. The number of carbonyl (C=O) groups is 1. The number of unbranched alkanes of at least 4 members (excludes halogenated alkanes) is 5. The van der Waals surface area contributed by atoms with Gasteiger partial charge in [-0.1, -0.05) is 75.4 Å². The van der Waals surface area contributed by atoms with Crippen molar-refractivity contribution in [2.45, 2.75) is 45.4 Å². The number of ether oxygens (including phenoxy) is 1. The predicted molar refractivity (Wildman–Crippen MR) is 164 cm³/mol. The standard InChI is InChI=1S/C33H34O3S2/c1-2-3-4-5-6-7-24-36-28-16-10-26(11-17-28)13-19-30-21-23-32(38-30)31-22-20-29(37-31)18-12-25-8-14-27(15-9-25)33(34)35/h8-23H,2-7,24H2,1H3,(H,34,35)/b18-12+,19-13+. The fraction of sp³-hybridized carbons (Fsp3) is 0.242. The Bertz CT molecular complexity index is 1340. The number of rotatable bonds is 14. The van der Waals surface area contributed by atoms with E-state index in [0.717, 1.165) is 34.8 Å². The summed E-state index contributed by atoms with van der Waals surface area (Å²) < 4.78 is 5.89. The molecule has 1 N–H and O–H groups in total. The van der Waals surface area contributed by atoms with Gasteiger partial charge in [-0.05, 0) is 78.2 Å². The molecule has 4 rings (SSSR count). The zero-order chi connectivity index (χ0) is 26.6. The average Bonchev–Trinajstić information content (AvgIpc) is 3.61. The van der Waals surface area contributed by atoms with E-state index in [9.17, 15) is 4.79 Å². The SMILES string of the molecule is CCCCCCCCOc1ccc(/C=C/c2ccc(-c3ccc(/C=C/c4ccc(C(=O)O)cc4)s3)s2)cc1. The van der Waals surface area contributed by atoms with Gasteiger partial charge in [0.1, 0.15) is 5.75 Å².